The van der Waals surface area contributed by atoms with E-state index in [0.717, 1.165) is 23.4 Å². The number of aromatic nitrogens is 3. The summed E-state index contributed by atoms with van der Waals surface area (Å²) in [5, 5.41) is 7.97. The highest BCUT2D eigenvalue weighted by Crippen LogP contribution is 2.29. The van der Waals surface area contributed by atoms with Crippen LogP contribution in [0.25, 0.3) is 5.00 Å². The van der Waals surface area contributed by atoms with Gasteiger partial charge >= 0.3 is 5.69 Å². The Hall–Kier alpha value is -1.94. The molecule has 2 aromatic heterocycles. The van der Waals surface area contributed by atoms with Gasteiger partial charge in [-0.2, -0.15) is 5.10 Å². The van der Waals surface area contributed by atoms with Crippen LogP contribution in [0.5, 0.6) is 0 Å². The smallest absolute Gasteiger partial charge is 0.246 e. The number of nitrogens with zero attached hydrogens (tertiary/aromatic N) is 4. The molecule has 0 aliphatic carbocycles. The van der Waals surface area contributed by atoms with Crippen LogP contribution in [0.15, 0.2) is 46.6 Å². The van der Waals surface area contributed by atoms with Gasteiger partial charge in [-0.1, -0.05) is 23.7 Å². The molecule has 0 spiro atoms. The summed E-state index contributed by atoms with van der Waals surface area (Å²) in [7, 11) is -3.29. The van der Waals surface area contributed by atoms with Gasteiger partial charge in [0.25, 0.3) is 0 Å². The molecule has 1 aliphatic heterocycles. The number of halogens is 1. The summed E-state index contributed by atoms with van der Waals surface area (Å²) in [6.45, 7) is 1.16. The number of sulfonamides is 1. The molecule has 1 saturated heterocycles. The van der Waals surface area contributed by atoms with Gasteiger partial charge in [0.05, 0.1) is 12.8 Å². The third kappa shape index (κ3) is 4.32. The van der Waals surface area contributed by atoms with Crippen molar-refractivity contribution in [3.8, 4) is 5.00 Å². The molecule has 1 unspecified atom stereocenters. The average Bonchev–Trinajstić information content (AvgIpc) is 3.31. The van der Waals surface area contributed by atoms with Crippen molar-refractivity contribution in [1.29, 1.82) is 0 Å². The van der Waals surface area contributed by atoms with Crippen molar-refractivity contribution in [2.45, 2.75) is 25.3 Å². The average molecular weight is 453 g/mol. The Morgan fingerprint density at radius 3 is 2.66 bits per heavy atom. The molecule has 1 fully saturated rings. The maximum atomic E-state index is 13.2. The molecular weight excluding hydrogens is 432 g/mol. The van der Waals surface area contributed by atoms with Crippen molar-refractivity contribution in [2.24, 2.45) is 0 Å². The Balaban J connectivity index is 1.74. The lowest BCUT2D eigenvalue weighted by atomic mass is 9.99. The second kappa shape index (κ2) is 8.06. The Labute approximate surface area is 178 Å². The maximum Gasteiger partial charge on any atom is 0.351 e. The van der Waals surface area contributed by atoms with Crippen LogP contribution in [0.4, 0.5) is 0 Å². The van der Waals surface area contributed by atoms with Crippen molar-refractivity contribution in [3.63, 3.8) is 0 Å². The van der Waals surface area contributed by atoms with E-state index in [0.29, 0.717) is 30.5 Å². The van der Waals surface area contributed by atoms with Crippen LogP contribution in [0, 0.1) is 0 Å². The van der Waals surface area contributed by atoms with Gasteiger partial charge in [-0.05, 0) is 48.1 Å². The minimum Gasteiger partial charge on any atom is -0.246 e. The highest BCUT2D eigenvalue weighted by molar-refractivity contribution is 7.88. The van der Waals surface area contributed by atoms with E-state index >= 15 is 0 Å². The first-order chi connectivity index (χ1) is 13.8. The summed E-state index contributed by atoms with van der Waals surface area (Å²) in [6.07, 6.45) is 2.75. The van der Waals surface area contributed by atoms with Crippen LogP contribution in [-0.4, -0.2) is 46.4 Å². The first kappa shape index (κ1) is 20.3. The largest absolute Gasteiger partial charge is 0.351 e. The minimum atomic E-state index is -3.29. The quantitative estimate of drug-likeness (QED) is 0.596. The van der Waals surface area contributed by atoms with E-state index < -0.39 is 10.0 Å². The minimum absolute atomic E-state index is 0.139. The molecule has 7 nitrogen and oxygen atoms in total. The van der Waals surface area contributed by atoms with Crippen molar-refractivity contribution in [3.05, 3.63) is 68.7 Å². The van der Waals surface area contributed by atoms with E-state index in [-0.39, 0.29) is 11.6 Å². The molecule has 3 heterocycles. The Morgan fingerprint density at radius 1 is 1.24 bits per heavy atom. The molecule has 4 rings (SSSR count). The van der Waals surface area contributed by atoms with Crippen molar-refractivity contribution < 1.29 is 8.42 Å². The van der Waals surface area contributed by atoms with E-state index in [9.17, 15) is 13.2 Å². The van der Waals surface area contributed by atoms with E-state index in [4.69, 9.17) is 11.6 Å². The Morgan fingerprint density at radius 2 is 2.00 bits per heavy atom. The first-order valence-electron chi connectivity index (χ1n) is 9.26. The fourth-order valence-corrected chi connectivity index (χ4v) is 5.38. The first-order valence-corrected chi connectivity index (χ1v) is 12.4. The highest BCUT2D eigenvalue weighted by atomic mass is 35.5. The Bertz CT molecular complexity index is 1150. The molecule has 10 heteroatoms. The number of thiophene rings is 1. The molecule has 154 valence electrons. The van der Waals surface area contributed by atoms with Crippen LogP contribution in [0.2, 0.25) is 5.02 Å². The van der Waals surface area contributed by atoms with Gasteiger partial charge in [0, 0.05) is 24.0 Å². The van der Waals surface area contributed by atoms with Crippen molar-refractivity contribution in [1.82, 2.24) is 18.7 Å². The fraction of sp³-hybridized carbons (Fsp3) is 0.368. The van der Waals surface area contributed by atoms with E-state index in [1.165, 1.54) is 26.6 Å². The molecular formula is C19H21ClN4O3S2. The van der Waals surface area contributed by atoms with Gasteiger partial charge < -0.3 is 0 Å². The van der Waals surface area contributed by atoms with Crippen molar-refractivity contribution >= 4 is 33.0 Å². The zero-order valence-corrected chi connectivity index (χ0v) is 18.3. The lowest BCUT2D eigenvalue weighted by molar-refractivity contribution is 0.308. The van der Waals surface area contributed by atoms with E-state index in [2.05, 4.69) is 5.10 Å². The summed E-state index contributed by atoms with van der Waals surface area (Å²) < 4.78 is 28.6. The summed E-state index contributed by atoms with van der Waals surface area (Å²) in [6, 6.07) is 11.1. The number of piperidine rings is 1. The molecule has 3 aromatic rings. The fourth-order valence-electron chi connectivity index (χ4n) is 3.61. The molecule has 1 aliphatic rings. The normalized spacial score (nSPS) is 18.2. The van der Waals surface area contributed by atoms with E-state index in [1.807, 2.05) is 29.6 Å². The highest BCUT2D eigenvalue weighted by Gasteiger charge is 2.31. The number of benzene rings is 1. The monoisotopic (exact) mass is 452 g/mol. The van der Waals surface area contributed by atoms with Gasteiger partial charge in [-0.15, -0.1) is 11.3 Å². The van der Waals surface area contributed by atoms with Gasteiger partial charge in [-0.25, -0.2) is 26.8 Å². The standard InChI is InChI=1S/C19H21ClN4O3S2/c1-29(26,27)22-10-2-4-15(13-22)18-21-23(12-14-6-8-16(20)9-7-14)19(25)24(18)17-5-3-11-28-17/h3,5-9,11,15H,2,4,10,12-13H2,1H3. The van der Waals surface area contributed by atoms with Crippen LogP contribution in [0.3, 0.4) is 0 Å². The molecule has 0 saturated carbocycles. The topological polar surface area (TPSA) is 77.2 Å². The molecule has 0 bridgehead atoms. The zero-order chi connectivity index (χ0) is 20.6. The number of hydrogen-bond acceptors (Lipinski definition) is 5. The zero-order valence-electron chi connectivity index (χ0n) is 15.9. The van der Waals surface area contributed by atoms with Crippen molar-refractivity contribution in [2.75, 3.05) is 19.3 Å². The van der Waals surface area contributed by atoms with Crippen LogP contribution >= 0.6 is 22.9 Å². The molecule has 1 atom stereocenters. The summed E-state index contributed by atoms with van der Waals surface area (Å²) >= 11 is 7.41. The summed E-state index contributed by atoms with van der Waals surface area (Å²) in [5.41, 5.74) is 0.689. The van der Waals surface area contributed by atoms with Crippen LogP contribution < -0.4 is 5.69 Å². The predicted molar refractivity (Wildman–Crippen MR) is 115 cm³/mol. The predicted octanol–water partition coefficient (Wildman–Crippen LogP) is 2.94. The number of hydrogen-bond donors (Lipinski definition) is 0. The van der Waals surface area contributed by atoms with Gasteiger partial charge in [-0.3, -0.25) is 0 Å². The third-order valence-corrected chi connectivity index (χ3v) is 7.43. The Kier molecular flexibility index (Phi) is 5.65. The van der Waals surface area contributed by atoms with E-state index in [1.54, 1.807) is 16.7 Å². The molecule has 0 radical (unpaired) electrons. The maximum absolute atomic E-state index is 13.2. The molecule has 1 aromatic carbocycles. The van der Waals surface area contributed by atoms with Gasteiger partial charge in [0.15, 0.2) is 0 Å². The van der Waals surface area contributed by atoms with Crippen LogP contribution in [-0.2, 0) is 16.6 Å². The second-order valence-electron chi connectivity index (χ2n) is 7.17. The van der Waals surface area contributed by atoms with Gasteiger partial charge in [0.1, 0.15) is 10.8 Å². The molecule has 0 amide bonds. The molecule has 0 N–H and O–H groups in total. The summed E-state index contributed by atoms with van der Waals surface area (Å²) in [4.78, 5) is 13.2. The SMILES string of the molecule is CS(=O)(=O)N1CCCC(c2nn(Cc3ccc(Cl)cc3)c(=O)n2-c2cccs2)C1. The lowest BCUT2D eigenvalue weighted by Crippen LogP contribution is -2.39. The molecule has 29 heavy (non-hydrogen) atoms. The summed E-state index contributed by atoms with van der Waals surface area (Å²) in [5.74, 6) is 0.472. The lowest BCUT2D eigenvalue weighted by Gasteiger charge is -2.30. The van der Waals surface area contributed by atoms with Crippen LogP contribution in [0.1, 0.15) is 30.1 Å². The second-order valence-corrected chi connectivity index (χ2v) is 10.5. The number of rotatable bonds is 5. The van der Waals surface area contributed by atoms with Gasteiger partial charge in [0.2, 0.25) is 10.0 Å². The third-order valence-electron chi connectivity index (χ3n) is 5.05.